The highest BCUT2D eigenvalue weighted by Crippen LogP contribution is 2.46. The second-order valence-electron chi connectivity index (χ2n) is 9.11. The molecule has 0 aromatic heterocycles. The van der Waals surface area contributed by atoms with Gasteiger partial charge in [0.15, 0.2) is 11.6 Å². The number of carbonyl (C=O) groups is 3. The molecule has 0 atom stereocenters. The molecule has 1 aliphatic heterocycles. The van der Waals surface area contributed by atoms with Crippen molar-refractivity contribution in [2.75, 3.05) is 6.54 Å². The Morgan fingerprint density at radius 2 is 1.44 bits per heavy atom. The van der Waals surface area contributed by atoms with Gasteiger partial charge in [0.1, 0.15) is 30.3 Å². The van der Waals surface area contributed by atoms with Crippen molar-refractivity contribution in [3.63, 3.8) is 0 Å². The van der Waals surface area contributed by atoms with Gasteiger partial charge in [-0.15, -0.1) is 0 Å². The van der Waals surface area contributed by atoms with Crippen LogP contribution in [0, 0.1) is 0 Å². The molecule has 34 heavy (non-hydrogen) atoms. The maximum Gasteiger partial charge on any atom is 0.165 e. The summed E-state index contributed by atoms with van der Waals surface area (Å²) in [5, 5.41) is 11.6. The summed E-state index contributed by atoms with van der Waals surface area (Å²) in [7, 11) is 0. The third kappa shape index (κ3) is 4.10. The van der Waals surface area contributed by atoms with E-state index in [2.05, 4.69) is 0 Å². The summed E-state index contributed by atoms with van der Waals surface area (Å²) in [5.74, 6) is -1.09. The van der Waals surface area contributed by atoms with Crippen molar-refractivity contribution in [2.24, 2.45) is 0 Å². The molecular formula is C28H27NO5. The Bertz CT molecular complexity index is 1170. The molecule has 0 bridgehead atoms. The number of carbonyl (C=O) groups excluding carboxylic acids is 3. The lowest BCUT2D eigenvalue weighted by molar-refractivity contribution is -0.819. The van der Waals surface area contributed by atoms with Crippen LogP contribution in [0.25, 0.3) is 0 Å². The van der Waals surface area contributed by atoms with Crippen LogP contribution >= 0.6 is 0 Å². The number of para-hydroxylation sites is 1. The van der Waals surface area contributed by atoms with E-state index in [1.54, 1.807) is 0 Å². The molecule has 6 heteroatoms. The number of carboxylic acid groups (broad SMARTS) is 1. The van der Waals surface area contributed by atoms with Gasteiger partial charge in [0.25, 0.3) is 0 Å². The SMILES string of the molecule is O=C([O-])C[NH+]1C2=C(C(=O)CCC2)C(c2ccccc2OCc2ccccc2)C2=C1CCCC2=O. The summed E-state index contributed by atoms with van der Waals surface area (Å²) in [4.78, 5) is 38.9. The Kier molecular flexibility index (Phi) is 6.16. The minimum absolute atomic E-state index is 0.00937. The summed E-state index contributed by atoms with van der Waals surface area (Å²) in [6.45, 7) is 0.101. The van der Waals surface area contributed by atoms with Gasteiger partial charge in [-0.2, -0.15) is 0 Å². The highest BCUT2D eigenvalue weighted by molar-refractivity contribution is 6.05. The summed E-state index contributed by atoms with van der Waals surface area (Å²) in [6.07, 6.45) is 3.44. The lowest BCUT2D eigenvalue weighted by Gasteiger charge is -2.39. The molecule has 0 fully saturated rings. The van der Waals surface area contributed by atoms with E-state index in [-0.39, 0.29) is 18.1 Å². The lowest BCUT2D eigenvalue weighted by atomic mass is 9.70. The molecule has 174 valence electrons. The first-order valence-corrected chi connectivity index (χ1v) is 11.9. The summed E-state index contributed by atoms with van der Waals surface area (Å²) >= 11 is 0. The zero-order valence-electron chi connectivity index (χ0n) is 19.0. The maximum atomic E-state index is 13.3. The Labute approximate surface area is 198 Å². The van der Waals surface area contributed by atoms with Crippen LogP contribution in [0.3, 0.4) is 0 Å². The Morgan fingerprint density at radius 1 is 0.853 bits per heavy atom. The Balaban J connectivity index is 1.64. The number of aliphatic carboxylic acids is 1. The number of ether oxygens (including phenoxy) is 1. The van der Waals surface area contributed by atoms with Gasteiger partial charge in [0, 0.05) is 31.2 Å². The third-order valence-corrected chi connectivity index (χ3v) is 7.01. The van der Waals surface area contributed by atoms with Crippen molar-refractivity contribution in [1.29, 1.82) is 0 Å². The van der Waals surface area contributed by atoms with Crippen LogP contribution in [0.5, 0.6) is 5.75 Å². The second kappa shape index (κ2) is 9.39. The van der Waals surface area contributed by atoms with Crippen LogP contribution < -0.4 is 14.7 Å². The first-order valence-electron chi connectivity index (χ1n) is 11.9. The monoisotopic (exact) mass is 457 g/mol. The molecule has 1 N–H and O–H groups in total. The molecule has 6 nitrogen and oxygen atoms in total. The molecule has 3 aliphatic rings. The van der Waals surface area contributed by atoms with Gasteiger partial charge in [-0.25, -0.2) is 0 Å². The smallest absolute Gasteiger partial charge is 0.165 e. The zero-order chi connectivity index (χ0) is 23.7. The van der Waals surface area contributed by atoms with Crippen molar-refractivity contribution in [3.05, 3.63) is 88.3 Å². The minimum atomic E-state index is -1.19. The Morgan fingerprint density at radius 3 is 2.06 bits per heavy atom. The van der Waals surface area contributed by atoms with Crippen LogP contribution in [0.15, 0.2) is 77.1 Å². The van der Waals surface area contributed by atoms with E-state index in [1.807, 2.05) is 54.6 Å². The van der Waals surface area contributed by atoms with Gasteiger partial charge in [-0.3, -0.25) is 14.5 Å². The van der Waals surface area contributed by atoms with Crippen LogP contribution in [-0.2, 0) is 21.0 Å². The summed E-state index contributed by atoms with van der Waals surface area (Å²) < 4.78 is 6.22. The number of Topliss-reactive ketones (excluding diaryl/α,β-unsaturated/α-hetero) is 2. The van der Waals surface area contributed by atoms with Gasteiger partial charge >= 0.3 is 0 Å². The fourth-order valence-corrected chi connectivity index (χ4v) is 5.61. The quantitative estimate of drug-likeness (QED) is 0.717. The molecule has 0 spiro atoms. The first-order chi connectivity index (χ1) is 16.5. The maximum absolute atomic E-state index is 13.3. The van der Waals surface area contributed by atoms with Gasteiger partial charge < -0.3 is 14.6 Å². The predicted octanol–water partition coefficient (Wildman–Crippen LogP) is 2.01. The Hall–Kier alpha value is -3.51. The molecular weight excluding hydrogens is 430 g/mol. The van der Waals surface area contributed by atoms with E-state index >= 15 is 0 Å². The van der Waals surface area contributed by atoms with Gasteiger partial charge in [-0.05, 0) is 24.5 Å². The molecule has 2 aliphatic carbocycles. The van der Waals surface area contributed by atoms with E-state index in [0.717, 1.165) is 22.5 Å². The van der Waals surface area contributed by atoms with E-state index < -0.39 is 11.9 Å². The van der Waals surface area contributed by atoms with Gasteiger partial charge in [0.05, 0.1) is 23.0 Å². The van der Waals surface area contributed by atoms with Gasteiger partial charge in [-0.1, -0.05) is 48.5 Å². The van der Waals surface area contributed by atoms with Crippen LogP contribution in [0.2, 0.25) is 0 Å². The number of benzene rings is 2. The number of nitrogens with one attached hydrogen (secondary N) is 1. The lowest BCUT2D eigenvalue weighted by Crippen LogP contribution is -3.11. The van der Waals surface area contributed by atoms with E-state index in [4.69, 9.17) is 4.74 Å². The fourth-order valence-electron chi connectivity index (χ4n) is 5.61. The summed E-state index contributed by atoms with van der Waals surface area (Å²) in [6, 6.07) is 17.4. The molecule has 0 radical (unpaired) electrons. The minimum Gasteiger partial charge on any atom is -0.544 e. The van der Waals surface area contributed by atoms with Crippen molar-refractivity contribution >= 4 is 17.5 Å². The number of allylic oxidation sites excluding steroid dienone is 4. The van der Waals surface area contributed by atoms with Crippen LogP contribution in [0.1, 0.15) is 55.6 Å². The first kappa shape index (κ1) is 22.3. The highest BCUT2D eigenvalue weighted by Gasteiger charge is 2.47. The fraction of sp³-hybridized carbons (Fsp3) is 0.321. The van der Waals surface area contributed by atoms with Crippen molar-refractivity contribution in [3.8, 4) is 5.75 Å². The number of quaternary nitrogens is 1. The predicted molar refractivity (Wildman–Crippen MR) is 123 cm³/mol. The summed E-state index contributed by atoms with van der Waals surface area (Å²) in [5.41, 5.74) is 4.57. The van der Waals surface area contributed by atoms with Crippen molar-refractivity contribution in [2.45, 2.75) is 51.0 Å². The van der Waals surface area contributed by atoms with Crippen molar-refractivity contribution in [1.82, 2.24) is 0 Å². The average Bonchev–Trinajstić information content (AvgIpc) is 2.84. The molecule has 2 aromatic carbocycles. The van der Waals surface area contributed by atoms with E-state index in [0.29, 0.717) is 66.9 Å². The number of hydrogen-bond acceptors (Lipinski definition) is 5. The van der Waals surface area contributed by atoms with Crippen LogP contribution in [0.4, 0.5) is 0 Å². The van der Waals surface area contributed by atoms with Crippen molar-refractivity contribution < 1.29 is 29.1 Å². The molecule has 0 saturated carbocycles. The zero-order valence-corrected chi connectivity index (χ0v) is 19.0. The largest absolute Gasteiger partial charge is 0.544 e. The van der Waals surface area contributed by atoms with E-state index in [1.165, 1.54) is 0 Å². The molecule has 5 rings (SSSR count). The normalized spacial score (nSPS) is 22.4. The molecule has 0 saturated heterocycles. The number of rotatable bonds is 6. The molecule has 1 heterocycles. The standard InChI is InChI=1S/C28H27NO5/c30-22-13-6-11-20-27(22)26(28-21(12-7-14-23(28)31)29(20)16-25(32)33)19-10-4-5-15-24(19)34-17-18-8-2-1-3-9-18/h1-5,8-10,15,26H,6-7,11-14,16-17H2,(H,32,33). The topological polar surface area (TPSA) is 87.9 Å². The number of ketones is 2. The number of hydrogen-bond donors (Lipinski definition) is 1. The van der Waals surface area contributed by atoms with Crippen LogP contribution in [-0.4, -0.2) is 24.1 Å². The average molecular weight is 458 g/mol. The molecule has 0 unspecified atom stereocenters. The third-order valence-electron chi connectivity index (χ3n) is 7.01. The van der Waals surface area contributed by atoms with E-state index in [9.17, 15) is 19.5 Å². The molecule has 2 aromatic rings. The molecule has 0 amide bonds. The van der Waals surface area contributed by atoms with Gasteiger partial charge in [0.2, 0.25) is 0 Å². The second-order valence-corrected chi connectivity index (χ2v) is 9.11. The number of carboxylic acids is 1. The highest BCUT2D eigenvalue weighted by atomic mass is 16.5.